The van der Waals surface area contributed by atoms with Crippen molar-refractivity contribution >= 4 is 43.9 Å². The van der Waals surface area contributed by atoms with Crippen LogP contribution >= 0.6 is 0 Å². The molecule has 0 N–H and O–H groups in total. The van der Waals surface area contributed by atoms with Crippen LogP contribution in [0.15, 0.2) is 167 Å². The fraction of sp³-hybridized carbons (Fsp3) is 0. The van der Waals surface area contributed by atoms with Gasteiger partial charge < -0.3 is 8.83 Å². The summed E-state index contributed by atoms with van der Waals surface area (Å²) in [6.45, 7) is 0. The van der Waals surface area contributed by atoms with Crippen LogP contribution in [-0.2, 0) is 0 Å². The average molecular weight is 667 g/mol. The van der Waals surface area contributed by atoms with Crippen molar-refractivity contribution in [3.63, 3.8) is 0 Å². The summed E-state index contributed by atoms with van der Waals surface area (Å²) in [6, 6.07) is 54.9. The van der Waals surface area contributed by atoms with Gasteiger partial charge in [-0.2, -0.15) is 5.26 Å². The van der Waals surface area contributed by atoms with E-state index in [2.05, 4.69) is 60.7 Å². The van der Waals surface area contributed by atoms with Gasteiger partial charge in [0.05, 0.1) is 11.6 Å². The van der Waals surface area contributed by atoms with E-state index in [9.17, 15) is 5.26 Å². The zero-order valence-corrected chi connectivity index (χ0v) is 27.6. The van der Waals surface area contributed by atoms with Gasteiger partial charge in [-0.1, -0.05) is 78.9 Å². The molecule has 242 valence electrons. The Kier molecular flexibility index (Phi) is 6.76. The lowest BCUT2D eigenvalue weighted by Gasteiger charge is -2.13. The minimum Gasteiger partial charge on any atom is -0.456 e. The third-order valence-electron chi connectivity index (χ3n) is 9.55. The van der Waals surface area contributed by atoms with E-state index in [1.165, 1.54) is 0 Å². The molecule has 52 heavy (non-hydrogen) atoms. The standard InChI is InChI=1S/C46H26N4O2/c47-27-28-14-16-30(17-15-28)45-48-44(29-8-2-1-3-9-29)49-46(50-45)35-23-33(31-18-20-42-38(25-31)36-10-4-6-12-40(36)51-42)22-34(24-35)32-19-21-43-39(26-32)37-11-5-7-13-41(37)52-43/h1-26H. The summed E-state index contributed by atoms with van der Waals surface area (Å²) in [4.78, 5) is 15.0. The van der Waals surface area contributed by atoms with Crippen molar-refractivity contribution < 1.29 is 8.83 Å². The second-order valence-electron chi connectivity index (χ2n) is 12.8. The highest BCUT2D eigenvalue weighted by atomic mass is 16.3. The molecule has 0 saturated heterocycles. The highest BCUT2D eigenvalue weighted by molar-refractivity contribution is 6.07. The normalized spacial score (nSPS) is 11.4. The van der Waals surface area contributed by atoms with Crippen molar-refractivity contribution in [3.05, 3.63) is 163 Å². The molecule has 0 radical (unpaired) electrons. The SMILES string of the molecule is N#Cc1ccc(-c2nc(-c3ccccc3)nc(-c3cc(-c4ccc5oc6ccccc6c5c4)cc(-c4ccc5oc6ccccc6c5c4)c3)n2)cc1. The molecule has 0 saturated carbocycles. The van der Waals surface area contributed by atoms with Crippen LogP contribution in [0.5, 0.6) is 0 Å². The molecule has 0 aliphatic heterocycles. The number of aromatic nitrogens is 3. The number of hydrogen-bond acceptors (Lipinski definition) is 6. The molecule has 0 aliphatic carbocycles. The lowest BCUT2D eigenvalue weighted by Crippen LogP contribution is -2.00. The lowest BCUT2D eigenvalue weighted by atomic mass is 9.94. The molecule has 0 atom stereocenters. The van der Waals surface area contributed by atoms with Crippen LogP contribution < -0.4 is 0 Å². The van der Waals surface area contributed by atoms with E-state index in [0.717, 1.165) is 82.8 Å². The summed E-state index contributed by atoms with van der Waals surface area (Å²) in [5.41, 5.74) is 10.6. The summed E-state index contributed by atoms with van der Waals surface area (Å²) in [5.74, 6) is 1.63. The summed E-state index contributed by atoms with van der Waals surface area (Å²) in [7, 11) is 0. The van der Waals surface area contributed by atoms with Gasteiger partial charge in [-0.05, 0) is 101 Å². The predicted octanol–water partition coefficient (Wildman–Crippen LogP) is 11.9. The first-order valence-corrected chi connectivity index (χ1v) is 17.0. The van der Waals surface area contributed by atoms with Gasteiger partial charge in [0.1, 0.15) is 22.3 Å². The van der Waals surface area contributed by atoms with Crippen LogP contribution in [0, 0.1) is 11.3 Å². The maximum Gasteiger partial charge on any atom is 0.164 e. The largest absolute Gasteiger partial charge is 0.456 e. The Balaban J connectivity index is 1.21. The lowest BCUT2D eigenvalue weighted by molar-refractivity contribution is 0.668. The molecule has 0 unspecified atom stereocenters. The molecule has 0 fully saturated rings. The number of fused-ring (bicyclic) bond motifs is 6. The van der Waals surface area contributed by atoms with E-state index in [1.54, 1.807) is 12.1 Å². The van der Waals surface area contributed by atoms with Crippen molar-refractivity contribution in [3.8, 4) is 62.5 Å². The van der Waals surface area contributed by atoms with E-state index in [0.29, 0.717) is 23.0 Å². The van der Waals surface area contributed by atoms with Gasteiger partial charge in [-0.15, -0.1) is 0 Å². The van der Waals surface area contributed by atoms with Gasteiger partial charge in [0, 0.05) is 38.2 Å². The highest BCUT2D eigenvalue weighted by Crippen LogP contribution is 2.38. The van der Waals surface area contributed by atoms with Gasteiger partial charge >= 0.3 is 0 Å². The van der Waals surface area contributed by atoms with Crippen LogP contribution in [0.3, 0.4) is 0 Å². The Morgan fingerprint density at radius 2 is 0.769 bits per heavy atom. The monoisotopic (exact) mass is 666 g/mol. The summed E-state index contributed by atoms with van der Waals surface area (Å²) >= 11 is 0. The van der Waals surface area contributed by atoms with Gasteiger partial charge in [0.2, 0.25) is 0 Å². The first kappa shape index (κ1) is 29.5. The average Bonchev–Trinajstić information content (AvgIpc) is 3.78. The minimum absolute atomic E-state index is 0.526. The van der Waals surface area contributed by atoms with Crippen molar-refractivity contribution in [1.29, 1.82) is 5.26 Å². The van der Waals surface area contributed by atoms with Gasteiger partial charge in [0.25, 0.3) is 0 Å². The maximum absolute atomic E-state index is 9.42. The van der Waals surface area contributed by atoms with Crippen molar-refractivity contribution in [2.45, 2.75) is 0 Å². The first-order valence-electron chi connectivity index (χ1n) is 17.0. The van der Waals surface area contributed by atoms with E-state index in [-0.39, 0.29) is 0 Å². The van der Waals surface area contributed by atoms with E-state index < -0.39 is 0 Å². The third kappa shape index (κ3) is 5.08. The second-order valence-corrected chi connectivity index (χ2v) is 12.8. The molecule has 0 bridgehead atoms. The van der Waals surface area contributed by atoms with Gasteiger partial charge in [-0.25, -0.2) is 15.0 Å². The molecule has 0 spiro atoms. The highest BCUT2D eigenvalue weighted by Gasteiger charge is 2.17. The summed E-state index contributed by atoms with van der Waals surface area (Å²) in [6.07, 6.45) is 0. The number of rotatable bonds is 5. The number of nitrogens with zero attached hydrogens (tertiary/aromatic N) is 4. The van der Waals surface area contributed by atoms with Gasteiger partial charge in [0.15, 0.2) is 17.5 Å². The van der Waals surface area contributed by atoms with Gasteiger partial charge in [-0.3, -0.25) is 0 Å². The van der Waals surface area contributed by atoms with Crippen molar-refractivity contribution in [2.75, 3.05) is 0 Å². The molecule has 0 aliphatic rings. The van der Waals surface area contributed by atoms with E-state index >= 15 is 0 Å². The zero-order chi connectivity index (χ0) is 34.6. The molecule has 10 aromatic rings. The second kappa shape index (κ2) is 11.9. The molecular weight excluding hydrogens is 641 g/mol. The molecule has 6 nitrogen and oxygen atoms in total. The van der Waals surface area contributed by atoms with E-state index in [1.807, 2.05) is 91.0 Å². The Bertz CT molecular complexity index is 2890. The number of nitriles is 1. The predicted molar refractivity (Wildman–Crippen MR) is 206 cm³/mol. The fourth-order valence-corrected chi connectivity index (χ4v) is 6.95. The minimum atomic E-state index is 0.526. The van der Waals surface area contributed by atoms with E-state index in [4.69, 9.17) is 23.8 Å². The maximum atomic E-state index is 9.42. The van der Waals surface area contributed by atoms with Crippen LogP contribution in [-0.4, -0.2) is 15.0 Å². The number of para-hydroxylation sites is 2. The Labute approximate surface area is 297 Å². The molecule has 10 rings (SSSR count). The van der Waals surface area contributed by atoms with Crippen LogP contribution in [0.1, 0.15) is 5.56 Å². The third-order valence-corrected chi connectivity index (χ3v) is 9.55. The summed E-state index contributed by atoms with van der Waals surface area (Å²) in [5, 5.41) is 13.7. The Hall–Kier alpha value is -7.36. The van der Waals surface area contributed by atoms with Crippen molar-refractivity contribution in [2.24, 2.45) is 0 Å². The molecule has 3 aromatic heterocycles. The molecule has 3 heterocycles. The Morgan fingerprint density at radius 1 is 0.346 bits per heavy atom. The molecule has 0 amide bonds. The Morgan fingerprint density at radius 3 is 1.31 bits per heavy atom. The van der Waals surface area contributed by atoms with Crippen LogP contribution in [0.4, 0.5) is 0 Å². The van der Waals surface area contributed by atoms with Crippen molar-refractivity contribution in [1.82, 2.24) is 15.0 Å². The zero-order valence-electron chi connectivity index (χ0n) is 27.6. The molecular formula is C46H26N4O2. The van der Waals surface area contributed by atoms with Crippen LogP contribution in [0.25, 0.3) is 100 Å². The first-order chi connectivity index (χ1) is 25.7. The topological polar surface area (TPSA) is 88.7 Å². The fourth-order valence-electron chi connectivity index (χ4n) is 6.95. The number of furan rings is 2. The smallest absolute Gasteiger partial charge is 0.164 e. The molecule has 7 aromatic carbocycles. The quantitative estimate of drug-likeness (QED) is 0.182. The number of benzene rings is 7. The summed E-state index contributed by atoms with van der Waals surface area (Å²) < 4.78 is 12.3. The van der Waals surface area contributed by atoms with Crippen LogP contribution in [0.2, 0.25) is 0 Å². The molecule has 6 heteroatoms. The number of hydrogen-bond donors (Lipinski definition) is 0.